The second kappa shape index (κ2) is 10.4. The predicted octanol–water partition coefficient (Wildman–Crippen LogP) is 4.61. The monoisotopic (exact) mass is 535 g/mol. The Hall–Kier alpha value is -3.67. The second-order valence-corrected chi connectivity index (χ2v) is 10.7. The van der Waals surface area contributed by atoms with Crippen LogP contribution >= 0.6 is 0 Å². The first kappa shape index (κ1) is 26.4. The number of ether oxygens (including phenoxy) is 2. The first-order valence-electron chi connectivity index (χ1n) is 11.4. The lowest BCUT2D eigenvalue weighted by molar-refractivity contribution is -0.135. The molecule has 0 unspecified atom stereocenters. The van der Waals surface area contributed by atoms with Crippen LogP contribution in [0, 0.1) is 11.7 Å². The van der Waals surface area contributed by atoms with Gasteiger partial charge in [0.25, 0.3) is 21.9 Å². The third-order valence-electron chi connectivity index (χ3n) is 5.33. The molecule has 0 spiro atoms. The standard InChI is InChI=1S/C25H24F3N3O5S/c1-15(2)14-35-18-10-16(9-17(26)11-18)21-7-6-20(24(30-21)36-19-12-25(27,28)13-19)23(32)31-37(33,34)22-5-3-4-8-29-22/h3-11,15,19H,12-14H2,1-2H3,(H,31,32). The molecule has 196 valence electrons. The zero-order chi connectivity index (χ0) is 26.8. The summed E-state index contributed by atoms with van der Waals surface area (Å²) in [6, 6.07) is 10.7. The van der Waals surface area contributed by atoms with Gasteiger partial charge in [0.05, 0.1) is 12.3 Å². The molecule has 0 bridgehead atoms. The number of hydrogen-bond acceptors (Lipinski definition) is 7. The van der Waals surface area contributed by atoms with Crippen LogP contribution in [-0.4, -0.2) is 42.9 Å². The largest absolute Gasteiger partial charge is 0.493 e. The van der Waals surface area contributed by atoms with Crippen molar-refractivity contribution in [2.45, 2.75) is 43.7 Å². The molecular formula is C25H24F3N3O5S. The van der Waals surface area contributed by atoms with Crippen molar-refractivity contribution in [1.82, 2.24) is 14.7 Å². The Kier molecular flexibility index (Phi) is 7.39. The molecule has 0 radical (unpaired) electrons. The van der Waals surface area contributed by atoms with Crippen LogP contribution in [0.4, 0.5) is 13.2 Å². The number of alkyl halides is 2. The number of carbonyl (C=O) groups excluding carboxylic acids is 1. The van der Waals surface area contributed by atoms with Crippen LogP contribution in [0.5, 0.6) is 11.6 Å². The Labute approximate surface area is 211 Å². The van der Waals surface area contributed by atoms with E-state index in [4.69, 9.17) is 9.47 Å². The summed E-state index contributed by atoms with van der Waals surface area (Å²) < 4.78 is 79.3. The topological polar surface area (TPSA) is 107 Å². The second-order valence-electron chi connectivity index (χ2n) is 9.04. The van der Waals surface area contributed by atoms with Gasteiger partial charge >= 0.3 is 0 Å². The third-order valence-corrected chi connectivity index (χ3v) is 6.57. The molecule has 12 heteroatoms. The van der Waals surface area contributed by atoms with Crippen LogP contribution in [0.25, 0.3) is 11.3 Å². The maximum Gasteiger partial charge on any atom is 0.281 e. The molecule has 1 aliphatic carbocycles. The van der Waals surface area contributed by atoms with Crippen molar-refractivity contribution in [2.24, 2.45) is 5.92 Å². The number of halogens is 3. The number of hydrogen-bond donors (Lipinski definition) is 1. The number of nitrogens with zero attached hydrogens (tertiary/aromatic N) is 2. The van der Waals surface area contributed by atoms with Crippen molar-refractivity contribution in [3.8, 4) is 22.9 Å². The van der Waals surface area contributed by atoms with Crippen LogP contribution in [0.2, 0.25) is 0 Å². The van der Waals surface area contributed by atoms with E-state index < -0.39 is 46.6 Å². The fraction of sp³-hybridized carbons (Fsp3) is 0.320. The summed E-state index contributed by atoms with van der Waals surface area (Å²) in [7, 11) is -4.33. The average molecular weight is 536 g/mol. The fourth-order valence-electron chi connectivity index (χ4n) is 3.50. The van der Waals surface area contributed by atoms with E-state index in [-0.39, 0.29) is 39.4 Å². The lowest BCUT2D eigenvalue weighted by Gasteiger charge is -2.34. The Bertz CT molecular complexity index is 1390. The summed E-state index contributed by atoms with van der Waals surface area (Å²) in [5.41, 5.74) is 0.154. The number of sulfonamides is 1. The van der Waals surface area contributed by atoms with Crippen LogP contribution in [0.3, 0.4) is 0 Å². The molecule has 1 aliphatic rings. The number of nitrogens with one attached hydrogen (secondary N) is 1. The molecule has 1 aromatic carbocycles. The Morgan fingerprint density at radius 1 is 1.16 bits per heavy atom. The minimum atomic E-state index is -4.33. The quantitative estimate of drug-likeness (QED) is 0.426. The molecule has 8 nitrogen and oxygen atoms in total. The number of aromatic nitrogens is 2. The molecule has 0 aliphatic heterocycles. The normalized spacial score (nSPS) is 15.2. The number of rotatable bonds is 9. The van der Waals surface area contributed by atoms with E-state index in [1.807, 2.05) is 18.6 Å². The van der Waals surface area contributed by atoms with Crippen molar-refractivity contribution in [2.75, 3.05) is 6.61 Å². The van der Waals surface area contributed by atoms with Gasteiger partial charge in [-0.15, -0.1) is 0 Å². The van der Waals surface area contributed by atoms with Crippen LogP contribution in [0.15, 0.2) is 59.8 Å². The van der Waals surface area contributed by atoms with E-state index in [0.29, 0.717) is 6.61 Å². The first-order valence-corrected chi connectivity index (χ1v) is 12.9. The zero-order valence-electron chi connectivity index (χ0n) is 19.9. The molecule has 1 amide bonds. The fourth-order valence-corrected chi connectivity index (χ4v) is 4.42. The van der Waals surface area contributed by atoms with Crippen LogP contribution in [-0.2, 0) is 10.0 Å². The van der Waals surface area contributed by atoms with Gasteiger partial charge in [0, 0.05) is 30.7 Å². The average Bonchev–Trinajstić information content (AvgIpc) is 2.81. The van der Waals surface area contributed by atoms with Gasteiger partial charge in [-0.05, 0) is 42.3 Å². The lowest BCUT2D eigenvalue weighted by Crippen LogP contribution is -2.43. The van der Waals surface area contributed by atoms with Gasteiger partial charge in [0.1, 0.15) is 23.2 Å². The third kappa shape index (κ3) is 6.56. The number of amides is 1. The van der Waals surface area contributed by atoms with Crippen molar-refractivity contribution >= 4 is 15.9 Å². The highest BCUT2D eigenvalue weighted by atomic mass is 32.2. The van der Waals surface area contributed by atoms with E-state index >= 15 is 0 Å². The minimum Gasteiger partial charge on any atom is -0.493 e. The molecule has 37 heavy (non-hydrogen) atoms. The Morgan fingerprint density at radius 2 is 1.92 bits per heavy atom. The predicted molar refractivity (Wildman–Crippen MR) is 127 cm³/mol. The molecule has 2 heterocycles. The smallest absolute Gasteiger partial charge is 0.281 e. The zero-order valence-corrected chi connectivity index (χ0v) is 20.8. The van der Waals surface area contributed by atoms with Gasteiger partial charge in [-0.3, -0.25) is 4.79 Å². The summed E-state index contributed by atoms with van der Waals surface area (Å²) in [6.45, 7) is 4.23. The van der Waals surface area contributed by atoms with Crippen LogP contribution in [0.1, 0.15) is 37.0 Å². The molecule has 1 fully saturated rings. The van der Waals surface area contributed by atoms with Gasteiger partial charge < -0.3 is 9.47 Å². The van der Waals surface area contributed by atoms with E-state index in [0.717, 1.165) is 0 Å². The molecular weight excluding hydrogens is 511 g/mol. The van der Waals surface area contributed by atoms with Crippen molar-refractivity contribution in [3.63, 3.8) is 0 Å². The molecule has 1 saturated carbocycles. The van der Waals surface area contributed by atoms with E-state index in [1.54, 1.807) is 6.07 Å². The Morgan fingerprint density at radius 3 is 2.57 bits per heavy atom. The van der Waals surface area contributed by atoms with Gasteiger partial charge in [-0.2, -0.15) is 8.42 Å². The molecule has 1 N–H and O–H groups in total. The number of carbonyl (C=O) groups is 1. The van der Waals surface area contributed by atoms with Gasteiger partial charge in [0.15, 0.2) is 5.03 Å². The highest BCUT2D eigenvalue weighted by Crippen LogP contribution is 2.40. The van der Waals surface area contributed by atoms with Gasteiger partial charge in [-0.1, -0.05) is 19.9 Å². The highest BCUT2D eigenvalue weighted by molar-refractivity contribution is 7.90. The minimum absolute atomic E-state index is 0.166. The number of benzene rings is 1. The molecule has 0 atom stereocenters. The molecule has 3 aromatic rings. The summed E-state index contributed by atoms with van der Waals surface area (Å²) in [5.74, 6) is -4.49. The highest BCUT2D eigenvalue weighted by Gasteiger charge is 2.47. The summed E-state index contributed by atoms with van der Waals surface area (Å²) in [4.78, 5) is 20.9. The molecule has 0 saturated heterocycles. The van der Waals surface area contributed by atoms with Crippen molar-refractivity contribution in [3.05, 3.63) is 66.1 Å². The lowest BCUT2D eigenvalue weighted by atomic mass is 9.91. The summed E-state index contributed by atoms with van der Waals surface area (Å²) in [6.07, 6.45) is -0.855. The van der Waals surface area contributed by atoms with Gasteiger partial charge in [0.2, 0.25) is 5.88 Å². The maximum atomic E-state index is 14.3. The molecule has 4 rings (SSSR count). The van der Waals surface area contributed by atoms with Crippen LogP contribution < -0.4 is 14.2 Å². The van der Waals surface area contributed by atoms with Gasteiger partial charge in [-0.25, -0.2) is 27.9 Å². The Balaban J connectivity index is 1.66. The van der Waals surface area contributed by atoms with Crippen molar-refractivity contribution in [1.29, 1.82) is 0 Å². The SMILES string of the molecule is CC(C)COc1cc(F)cc(-c2ccc(C(=O)NS(=O)(=O)c3ccccn3)c(OC3CC(F)(F)C3)n2)c1. The van der Waals surface area contributed by atoms with Crippen molar-refractivity contribution < 1.29 is 35.9 Å². The summed E-state index contributed by atoms with van der Waals surface area (Å²) in [5, 5.41) is -0.386. The van der Waals surface area contributed by atoms with E-state index in [1.165, 1.54) is 48.7 Å². The van der Waals surface area contributed by atoms with E-state index in [2.05, 4.69) is 9.97 Å². The van der Waals surface area contributed by atoms with E-state index in [9.17, 15) is 26.4 Å². The first-order chi connectivity index (χ1) is 17.4. The number of pyridine rings is 2. The maximum absolute atomic E-state index is 14.3. The summed E-state index contributed by atoms with van der Waals surface area (Å²) >= 11 is 0. The molecule has 2 aromatic heterocycles.